The number of fused-ring (bicyclic) bond motifs is 1. The third-order valence-corrected chi connectivity index (χ3v) is 6.43. The standard InChI is InChI=1S/C26H31N3O2/c1-29-22-17-9-8-16-21(22)24(20-14-6-3-7-15-20)28-25(26(29)31)27-23(30)18-10-13-19-11-4-2-5-12-19/h3,6-9,14-17,19,25H,2,4-5,10-13,18H2,1H3,(H,27,30)/t25-/m1/s1. The van der Waals surface area contributed by atoms with Crippen molar-refractivity contribution in [2.75, 3.05) is 11.9 Å². The highest BCUT2D eigenvalue weighted by Crippen LogP contribution is 2.28. The number of anilines is 1. The first-order valence-corrected chi connectivity index (χ1v) is 11.4. The van der Waals surface area contributed by atoms with E-state index in [9.17, 15) is 9.59 Å². The van der Waals surface area contributed by atoms with Gasteiger partial charge in [0.05, 0.1) is 11.4 Å². The van der Waals surface area contributed by atoms with Gasteiger partial charge in [-0.05, 0) is 24.8 Å². The zero-order valence-electron chi connectivity index (χ0n) is 18.2. The van der Waals surface area contributed by atoms with Crippen LogP contribution < -0.4 is 10.2 Å². The minimum atomic E-state index is -0.921. The Bertz CT molecular complexity index is 948. The van der Waals surface area contributed by atoms with Crippen LogP contribution in [-0.4, -0.2) is 30.7 Å². The van der Waals surface area contributed by atoms with Crippen molar-refractivity contribution in [1.29, 1.82) is 0 Å². The lowest BCUT2D eigenvalue weighted by atomic mass is 9.86. The maximum Gasteiger partial charge on any atom is 0.272 e. The lowest BCUT2D eigenvalue weighted by molar-refractivity contribution is -0.127. The first kappa shape index (κ1) is 21.3. The normalized spacial score (nSPS) is 19.4. The second-order valence-electron chi connectivity index (χ2n) is 8.62. The highest BCUT2D eigenvalue weighted by molar-refractivity contribution is 6.20. The van der Waals surface area contributed by atoms with Crippen molar-refractivity contribution < 1.29 is 9.59 Å². The lowest BCUT2D eigenvalue weighted by Gasteiger charge is -2.22. The number of aliphatic imine (C=N–C) groups is 1. The maximum atomic E-state index is 13.1. The van der Waals surface area contributed by atoms with Crippen LogP contribution in [-0.2, 0) is 9.59 Å². The Kier molecular flexibility index (Phi) is 6.80. The first-order valence-electron chi connectivity index (χ1n) is 11.4. The highest BCUT2D eigenvalue weighted by Gasteiger charge is 2.30. The summed E-state index contributed by atoms with van der Waals surface area (Å²) in [4.78, 5) is 32.2. The number of carbonyl (C=O) groups is 2. The molecule has 2 aromatic rings. The summed E-state index contributed by atoms with van der Waals surface area (Å²) in [5.74, 6) is 0.424. The van der Waals surface area contributed by atoms with Gasteiger partial charge in [-0.1, -0.05) is 80.6 Å². The molecular weight excluding hydrogens is 386 g/mol. The fourth-order valence-corrected chi connectivity index (χ4v) is 4.69. The minimum absolute atomic E-state index is 0.107. The number of para-hydroxylation sites is 1. The van der Waals surface area contributed by atoms with E-state index >= 15 is 0 Å². The van der Waals surface area contributed by atoms with E-state index in [0.717, 1.165) is 41.3 Å². The van der Waals surface area contributed by atoms with Gasteiger partial charge in [-0.3, -0.25) is 9.59 Å². The second-order valence-corrected chi connectivity index (χ2v) is 8.62. The molecule has 1 fully saturated rings. The lowest BCUT2D eigenvalue weighted by Crippen LogP contribution is -2.46. The van der Waals surface area contributed by atoms with Crippen molar-refractivity contribution in [3.63, 3.8) is 0 Å². The molecule has 4 rings (SSSR count). The van der Waals surface area contributed by atoms with Gasteiger partial charge in [0.25, 0.3) is 5.91 Å². The Labute approximate surface area is 184 Å². The van der Waals surface area contributed by atoms with E-state index < -0.39 is 6.17 Å². The van der Waals surface area contributed by atoms with Crippen molar-refractivity contribution in [3.8, 4) is 0 Å². The maximum absolute atomic E-state index is 13.1. The summed E-state index contributed by atoms with van der Waals surface area (Å²) in [6.07, 6.45) is 8.03. The van der Waals surface area contributed by atoms with Gasteiger partial charge in [0.1, 0.15) is 0 Å². The number of likely N-dealkylation sites (N-methyl/N-ethyl adjacent to an activating group) is 1. The number of hydrogen-bond acceptors (Lipinski definition) is 3. The van der Waals surface area contributed by atoms with Crippen molar-refractivity contribution in [2.24, 2.45) is 10.9 Å². The summed E-state index contributed by atoms with van der Waals surface area (Å²) in [5.41, 5.74) is 3.33. The van der Waals surface area contributed by atoms with E-state index in [2.05, 4.69) is 5.32 Å². The molecule has 0 radical (unpaired) electrons. The van der Waals surface area contributed by atoms with Crippen LogP contribution in [0.15, 0.2) is 59.6 Å². The van der Waals surface area contributed by atoms with Gasteiger partial charge in [-0.2, -0.15) is 0 Å². The zero-order valence-corrected chi connectivity index (χ0v) is 18.2. The van der Waals surface area contributed by atoms with Gasteiger partial charge in [-0.15, -0.1) is 0 Å². The molecule has 0 spiro atoms. The minimum Gasteiger partial charge on any atom is -0.327 e. The monoisotopic (exact) mass is 417 g/mol. The third-order valence-electron chi connectivity index (χ3n) is 6.43. The van der Waals surface area contributed by atoms with Crippen molar-refractivity contribution in [2.45, 2.75) is 57.5 Å². The Hall–Kier alpha value is -2.95. The number of benzodiazepines with no additional fused rings is 1. The number of nitrogens with zero attached hydrogens (tertiary/aromatic N) is 2. The SMILES string of the molecule is CN1C(=O)[C@H](NC(=O)CCCC2CCCCC2)N=C(c2ccccc2)c2ccccc21. The smallest absolute Gasteiger partial charge is 0.272 e. The van der Waals surface area contributed by atoms with E-state index in [1.165, 1.54) is 32.1 Å². The molecule has 0 unspecified atom stereocenters. The molecule has 1 N–H and O–H groups in total. The molecule has 2 amide bonds. The van der Waals surface area contributed by atoms with E-state index in [1.54, 1.807) is 11.9 Å². The fraction of sp³-hybridized carbons (Fsp3) is 0.423. The second kappa shape index (κ2) is 9.90. The Balaban J connectivity index is 1.51. The Morgan fingerprint density at radius 2 is 1.74 bits per heavy atom. The van der Waals surface area contributed by atoms with Gasteiger partial charge in [0.15, 0.2) is 0 Å². The molecule has 1 atom stereocenters. The van der Waals surface area contributed by atoms with E-state index in [1.807, 2.05) is 54.6 Å². The Morgan fingerprint density at radius 1 is 1.03 bits per heavy atom. The summed E-state index contributed by atoms with van der Waals surface area (Å²) in [6, 6.07) is 17.6. The largest absolute Gasteiger partial charge is 0.327 e. The summed E-state index contributed by atoms with van der Waals surface area (Å²) in [6.45, 7) is 0. The van der Waals surface area contributed by atoms with Crippen molar-refractivity contribution in [1.82, 2.24) is 5.32 Å². The van der Waals surface area contributed by atoms with Crippen LogP contribution in [0.5, 0.6) is 0 Å². The van der Waals surface area contributed by atoms with Crippen molar-refractivity contribution >= 4 is 23.2 Å². The molecule has 1 aliphatic carbocycles. The van der Waals surface area contributed by atoms with Gasteiger partial charge < -0.3 is 10.2 Å². The number of hydrogen-bond donors (Lipinski definition) is 1. The quantitative estimate of drug-likeness (QED) is 0.741. The molecular formula is C26H31N3O2. The average Bonchev–Trinajstić information content (AvgIpc) is 2.91. The van der Waals surface area contributed by atoms with E-state index in [4.69, 9.17) is 4.99 Å². The Morgan fingerprint density at radius 3 is 2.52 bits per heavy atom. The van der Waals surface area contributed by atoms with E-state index in [0.29, 0.717) is 6.42 Å². The fourth-order valence-electron chi connectivity index (χ4n) is 4.69. The zero-order chi connectivity index (χ0) is 21.6. The highest BCUT2D eigenvalue weighted by atomic mass is 16.2. The van der Waals surface area contributed by atoms with Gasteiger partial charge in [0.2, 0.25) is 12.1 Å². The summed E-state index contributed by atoms with van der Waals surface area (Å²) in [7, 11) is 1.74. The van der Waals surface area contributed by atoms with Crippen LogP contribution in [0.2, 0.25) is 0 Å². The summed E-state index contributed by atoms with van der Waals surface area (Å²) < 4.78 is 0. The van der Waals surface area contributed by atoms with Crippen LogP contribution in [0.1, 0.15) is 62.5 Å². The number of rotatable bonds is 6. The summed E-state index contributed by atoms with van der Waals surface area (Å²) >= 11 is 0. The number of carbonyl (C=O) groups excluding carboxylic acids is 2. The average molecular weight is 418 g/mol. The number of benzene rings is 2. The topological polar surface area (TPSA) is 61.8 Å². The number of amides is 2. The third kappa shape index (κ3) is 5.04. The van der Waals surface area contributed by atoms with Gasteiger partial charge in [-0.25, -0.2) is 4.99 Å². The van der Waals surface area contributed by atoms with E-state index in [-0.39, 0.29) is 11.8 Å². The van der Waals surface area contributed by atoms with Crippen molar-refractivity contribution in [3.05, 3.63) is 65.7 Å². The molecule has 2 aliphatic rings. The predicted molar refractivity (Wildman–Crippen MR) is 124 cm³/mol. The number of nitrogens with one attached hydrogen (secondary N) is 1. The van der Waals surface area contributed by atoms with Crippen LogP contribution in [0, 0.1) is 5.92 Å². The van der Waals surface area contributed by atoms with Crippen LogP contribution in [0.4, 0.5) is 5.69 Å². The molecule has 5 heteroatoms. The first-order chi connectivity index (χ1) is 15.1. The molecule has 2 aromatic carbocycles. The molecule has 162 valence electrons. The van der Waals surface area contributed by atoms with Gasteiger partial charge in [0, 0.05) is 24.6 Å². The summed E-state index contributed by atoms with van der Waals surface area (Å²) in [5, 5.41) is 2.89. The van der Waals surface area contributed by atoms with Crippen LogP contribution in [0.3, 0.4) is 0 Å². The molecule has 31 heavy (non-hydrogen) atoms. The molecule has 5 nitrogen and oxygen atoms in total. The van der Waals surface area contributed by atoms with Gasteiger partial charge >= 0.3 is 0 Å². The molecule has 1 saturated carbocycles. The molecule has 1 aliphatic heterocycles. The molecule has 0 aromatic heterocycles. The molecule has 0 bridgehead atoms. The van der Waals surface area contributed by atoms with Crippen LogP contribution >= 0.6 is 0 Å². The molecule has 0 saturated heterocycles. The predicted octanol–water partition coefficient (Wildman–Crippen LogP) is 4.69. The van der Waals surface area contributed by atoms with Crippen LogP contribution in [0.25, 0.3) is 0 Å². The molecule has 1 heterocycles.